The highest BCUT2D eigenvalue weighted by Gasteiger charge is 2.18. The first-order valence-corrected chi connectivity index (χ1v) is 11.1. The zero-order chi connectivity index (χ0) is 21.9. The van der Waals surface area contributed by atoms with E-state index in [1.807, 2.05) is 54.6 Å². The summed E-state index contributed by atoms with van der Waals surface area (Å²) >= 11 is 7.22. The van der Waals surface area contributed by atoms with Crippen LogP contribution in [0.25, 0.3) is 22.4 Å². The third-order valence-electron chi connectivity index (χ3n) is 4.80. The van der Waals surface area contributed by atoms with Crippen LogP contribution >= 0.6 is 23.4 Å². The molecule has 0 atom stereocenters. The van der Waals surface area contributed by atoms with Gasteiger partial charge in [0.2, 0.25) is 0 Å². The highest BCUT2D eigenvalue weighted by atomic mass is 35.5. The van der Waals surface area contributed by atoms with Crippen molar-refractivity contribution >= 4 is 34.1 Å². The maximum absolute atomic E-state index is 13.0. The number of hydrogen-bond acceptors (Lipinski definition) is 7. The van der Waals surface area contributed by atoms with Gasteiger partial charge in [-0.05, 0) is 23.3 Å². The van der Waals surface area contributed by atoms with Gasteiger partial charge in [0.05, 0.1) is 11.9 Å². The quantitative estimate of drug-likeness (QED) is 0.264. The van der Waals surface area contributed by atoms with Gasteiger partial charge in [-0.15, -0.1) is 10.2 Å². The summed E-state index contributed by atoms with van der Waals surface area (Å²) in [7, 11) is 0. The van der Waals surface area contributed by atoms with Gasteiger partial charge in [0.15, 0.2) is 5.69 Å². The van der Waals surface area contributed by atoms with Crippen molar-refractivity contribution in [2.24, 2.45) is 0 Å². The number of nitrogens with zero attached hydrogens (tertiary/aromatic N) is 5. The Balaban J connectivity index is 1.49. The second-order valence-electron chi connectivity index (χ2n) is 6.99. The highest BCUT2D eigenvalue weighted by molar-refractivity contribution is 7.98. The average molecular weight is 462 g/mol. The Labute approximate surface area is 192 Å². The molecule has 0 saturated carbocycles. The number of aromatic nitrogens is 5. The first-order valence-electron chi connectivity index (χ1n) is 9.78. The van der Waals surface area contributed by atoms with Gasteiger partial charge in [-0.3, -0.25) is 4.79 Å². The summed E-state index contributed by atoms with van der Waals surface area (Å²) in [5.41, 5.74) is 2.27. The minimum absolute atomic E-state index is 0.169. The van der Waals surface area contributed by atoms with Crippen LogP contribution in [0.15, 0.2) is 87.4 Å². The summed E-state index contributed by atoms with van der Waals surface area (Å²) in [4.78, 5) is 17.1. The smallest absolute Gasteiger partial charge is 0.277 e. The van der Waals surface area contributed by atoms with E-state index >= 15 is 0 Å². The van der Waals surface area contributed by atoms with E-state index in [9.17, 15) is 4.79 Å². The second-order valence-corrected chi connectivity index (χ2v) is 8.31. The number of halogens is 1. The molecule has 3 aromatic heterocycles. The van der Waals surface area contributed by atoms with Crippen LogP contribution in [-0.2, 0) is 12.3 Å². The van der Waals surface area contributed by atoms with Gasteiger partial charge in [0.25, 0.3) is 16.7 Å². The fourth-order valence-electron chi connectivity index (χ4n) is 3.26. The first kappa shape index (κ1) is 20.4. The zero-order valence-corrected chi connectivity index (χ0v) is 18.3. The molecule has 9 heteroatoms. The van der Waals surface area contributed by atoms with E-state index < -0.39 is 0 Å². The third kappa shape index (κ3) is 4.28. The van der Waals surface area contributed by atoms with Gasteiger partial charge in [-0.1, -0.05) is 78.0 Å². The molecule has 5 aromatic rings. The third-order valence-corrected chi connectivity index (χ3v) is 5.92. The number of hydrogen-bond donors (Lipinski definition) is 0. The monoisotopic (exact) mass is 461 g/mol. The van der Waals surface area contributed by atoms with Crippen LogP contribution in [0.5, 0.6) is 0 Å². The maximum atomic E-state index is 13.0. The van der Waals surface area contributed by atoms with E-state index in [-0.39, 0.29) is 11.4 Å². The van der Waals surface area contributed by atoms with E-state index in [0.29, 0.717) is 39.1 Å². The molecule has 2 aromatic carbocycles. The lowest BCUT2D eigenvalue weighted by Crippen LogP contribution is -2.24. The predicted octanol–water partition coefficient (Wildman–Crippen LogP) is 4.84. The zero-order valence-electron chi connectivity index (χ0n) is 16.7. The Morgan fingerprint density at radius 3 is 2.47 bits per heavy atom. The first-order chi connectivity index (χ1) is 15.7. The molecule has 32 heavy (non-hydrogen) atoms. The van der Waals surface area contributed by atoms with E-state index in [2.05, 4.69) is 20.3 Å². The maximum Gasteiger partial charge on any atom is 0.277 e. The molecule has 0 N–H and O–H groups in total. The fourth-order valence-corrected chi connectivity index (χ4v) is 4.07. The van der Waals surface area contributed by atoms with Gasteiger partial charge >= 0.3 is 0 Å². The van der Waals surface area contributed by atoms with Gasteiger partial charge in [-0.25, -0.2) is 9.67 Å². The fraction of sp³-hybridized carbons (Fsp3) is 0.0870. The molecule has 0 aliphatic carbocycles. The molecule has 0 aliphatic heterocycles. The lowest BCUT2D eigenvalue weighted by molar-refractivity contribution is 0.462. The normalized spacial score (nSPS) is 11.2. The van der Waals surface area contributed by atoms with Crippen LogP contribution in [0.1, 0.15) is 11.1 Å². The molecule has 0 saturated heterocycles. The highest BCUT2D eigenvalue weighted by Crippen LogP contribution is 2.28. The molecule has 158 valence electrons. The Morgan fingerprint density at radius 2 is 1.69 bits per heavy atom. The van der Waals surface area contributed by atoms with Crippen molar-refractivity contribution in [3.8, 4) is 11.6 Å². The van der Waals surface area contributed by atoms with Crippen molar-refractivity contribution in [2.45, 2.75) is 17.5 Å². The summed E-state index contributed by atoms with van der Waals surface area (Å²) in [5, 5.41) is 15.0. The van der Waals surface area contributed by atoms with E-state index in [0.717, 1.165) is 11.1 Å². The lowest BCUT2D eigenvalue weighted by atomic mass is 10.1. The Morgan fingerprint density at radius 1 is 0.906 bits per heavy atom. The van der Waals surface area contributed by atoms with Crippen molar-refractivity contribution in [2.75, 3.05) is 0 Å². The molecular weight excluding hydrogens is 446 g/mol. The van der Waals surface area contributed by atoms with Crippen LogP contribution in [0.2, 0.25) is 5.15 Å². The summed E-state index contributed by atoms with van der Waals surface area (Å²) in [5.74, 6) is 0.868. The second kappa shape index (κ2) is 8.94. The molecule has 0 bridgehead atoms. The molecule has 7 nitrogen and oxygen atoms in total. The van der Waals surface area contributed by atoms with Crippen LogP contribution in [-0.4, -0.2) is 25.0 Å². The Hall–Kier alpha value is -3.49. The van der Waals surface area contributed by atoms with Crippen LogP contribution in [0, 0.1) is 0 Å². The summed E-state index contributed by atoms with van der Waals surface area (Å²) in [6.45, 7) is 0.344. The minimum Gasteiger partial charge on any atom is -0.409 e. The van der Waals surface area contributed by atoms with Crippen LogP contribution < -0.4 is 5.56 Å². The SMILES string of the molecule is O=c1c2ccccc2c(-c2nnc(SCc3ccc(Cl)nc3)o2)nn1Cc1ccccc1. The topological polar surface area (TPSA) is 86.7 Å². The number of thioether (sulfide) groups is 1. The molecule has 5 rings (SSSR count). The molecular formula is C23H16ClN5O2S. The Bertz CT molecular complexity index is 1430. The summed E-state index contributed by atoms with van der Waals surface area (Å²) < 4.78 is 7.32. The van der Waals surface area contributed by atoms with Gasteiger partial charge in [-0.2, -0.15) is 5.10 Å². The minimum atomic E-state index is -0.169. The predicted molar refractivity (Wildman–Crippen MR) is 124 cm³/mol. The van der Waals surface area contributed by atoms with Gasteiger partial charge in [0.1, 0.15) is 5.15 Å². The van der Waals surface area contributed by atoms with E-state index in [4.69, 9.17) is 16.0 Å². The molecule has 0 unspecified atom stereocenters. The number of rotatable bonds is 6. The average Bonchev–Trinajstić information content (AvgIpc) is 3.30. The van der Waals surface area contributed by atoms with Crippen molar-refractivity contribution in [3.05, 3.63) is 99.6 Å². The molecule has 0 spiro atoms. The molecule has 3 heterocycles. The lowest BCUT2D eigenvalue weighted by Gasteiger charge is -2.09. The summed E-state index contributed by atoms with van der Waals surface area (Å²) in [6.07, 6.45) is 1.71. The standard InChI is InChI=1S/C23H16ClN5O2S/c24-19-11-10-16(12-25-19)14-32-23-27-26-21(31-23)20-17-8-4-5-9-18(17)22(30)29(28-20)13-15-6-2-1-3-7-15/h1-12H,13-14H2. The van der Waals surface area contributed by atoms with Crippen LogP contribution in [0.3, 0.4) is 0 Å². The molecule has 0 amide bonds. The van der Waals surface area contributed by atoms with Gasteiger partial charge in [0, 0.05) is 17.3 Å². The Kier molecular flexibility index (Phi) is 5.70. The molecule has 0 radical (unpaired) electrons. The molecule has 0 aliphatic rings. The van der Waals surface area contributed by atoms with Crippen molar-refractivity contribution in [1.29, 1.82) is 0 Å². The van der Waals surface area contributed by atoms with Crippen molar-refractivity contribution in [3.63, 3.8) is 0 Å². The van der Waals surface area contributed by atoms with E-state index in [1.54, 1.807) is 18.3 Å². The van der Waals surface area contributed by atoms with Gasteiger partial charge < -0.3 is 4.42 Å². The number of fused-ring (bicyclic) bond motifs is 1. The largest absolute Gasteiger partial charge is 0.409 e. The van der Waals surface area contributed by atoms with Crippen molar-refractivity contribution in [1.82, 2.24) is 25.0 Å². The van der Waals surface area contributed by atoms with Crippen LogP contribution in [0.4, 0.5) is 0 Å². The summed E-state index contributed by atoms with van der Waals surface area (Å²) in [6, 6.07) is 20.6. The molecule has 0 fully saturated rings. The van der Waals surface area contributed by atoms with Crippen molar-refractivity contribution < 1.29 is 4.42 Å². The number of pyridine rings is 1. The number of benzene rings is 2. The van der Waals surface area contributed by atoms with E-state index in [1.165, 1.54) is 16.4 Å².